The van der Waals surface area contributed by atoms with Crippen LogP contribution < -0.4 is 5.32 Å². The van der Waals surface area contributed by atoms with Crippen LogP contribution in [0.5, 0.6) is 0 Å². The van der Waals surface area contributed by atoms with Crippen LogP contribution in [-0.4, -0.2) is 26.6 Å². The van der Waals surface area contributed by atoms with Gasteiger partial charge in [-0.1, -0.05) is 33.8 Å². The van der Waals surface area contributed by atoms with Crippen LogP contribution >= 0.6 is 0 Å². The lowest BCUT2D eigenvalue weighted by Crippen LogP contribution is -2.39. The number of aromatic amines is 1. The lowest BCUT2D eigenvalue weighted by molar-refractivity contribution is 0.0759. The molecular weight excluding hydrogens is 352 g/mol. The number of H-pyrrole nitrogens is 1. The molecule has 28 heavy (non-hydrogen) atoms. The Morgan fingerprint density at radius 1 is 1.18 bits per heavy atom. The van der Waals surface area contributed by atoms with E-state index in [0.717, 1.165) is 28.6 Å². The molecule has 0 spiro atoms. The Morgan fingerprint density at radius 3 is 2.68 bits per heavy atom. The second kappa shape index (κ2) is 6.26. The van der Waals surface area contributed by atoms with Gasteiger partial charge >= 0.3 is 0 Å². The topological polar surface area (TPSA) is 87.7 Å². The van der Waals surface area contributed by atoms with Crippen molar-refractivity contribution in [3.63, 3.8) is 0 Å². The van der Waals surface area contributed by atoms with Crippen molar-refractivity contribution in [3.05, 3.63) is 59.3 Å². The van der Waals surface area contributed by atoms with E-state index < -0.39 is 5.41 Å². The number of ketones is 1. The molecule has 0 radical (unpaired) electrons. The third kappa shape index (κ3) is 2.99. The van der Waals surface area contributed by atoms with Crippen molar-refractivity contribution < 1.29 is 9.59 Å². The molecule has 0 saturated heterocycles. The van der Waals surface area contributed by atoms with Gasteiger partial charge in [0.1, 0.15) is 5.69 Å². The summed E-state index contributed by atoms with van der Waals surface area (Å²) in [6.07, 6.45) is 4.08. The van der Waals surface area contributed by atoms with Crippen molar-refractivity contribution >= 4 is 22.6 Å². The highest BCUT2D eigenvalue weighted by Crippen LogP contribution is 2.48. The van der Waals surface area contributed by atoms with E-state index in [1.165, 1.54) is 0 Å². The predicted molar refractivity (Wildman–Crippen MR) is 107 cm³/mol. The fraction of sp³-hybridized carbons (Fsp3) is 0.364. The Bertz CT molecular complexity index is 1080. The monoisotopic (exact) mass is 376 g/mol. The SMILES string of the molecule is CC1(C)CC(C)(C)c2c([nH]c3cnc(C(=O)NCc4ccccn4)cc23)C1=O. The number of carbonyl (C=O) groups excluding carboxylic acids is 2. The minimum absolute atomic E-state index is 0.110. The van der Waals surface area contributed by atoms with Gasteiger partial charge in [0.15, 0.2) is 5.78 Å². The summed E-state index contributed by atoms with van der Waals surface area (Å²) in [6.45, 7) is 8.60. The number of Topliss-reactive ketones (excluding diaryl/α,β-unsaturated/α-hetero) is 1. The van der Waals surface area contributed by atoms with Crippen molar-refractivity contribution in [2.24, 2.45) is 5.41 Å². The number of nitrogens with zero attached hydrogens (tertiary/aromatic N) is 2. The van der Waals surface area contributed by atoms with Gasteiger partial charge in [-0.25, -0.2) is 4.98 Å². The van der Waals surface area contributed by atoms with Crippen molar-refractivity contribution in [2.75, 3.05) is 0 Å². The Labute approximate surface area is 163 Å². The highest BCUT2D eigenvalue weighted by atomic mass is 16.2. The van der Waals surface area contributed by atoms with E-state index in [9.17, 15) is 9.59 Å². The second-order valence-electron chi connectivity index (χ2n) is 8.77. The zero-order chi connectivity index (χ0) is 20.1. The van der Waals surface area contributed by atoms with Gasteiger partial charge in [-0.05, 0) is 35.6 Å². The van der Waals surface area contributed by atoms with Crippen LogP contribution in [0.4, 0.5) is 0 Å². The maximum absolute atomic E-state index is 12.9. The van der Waals surface area contributed by atoms with Crippen molar-refractivity contribution in [2.45, 2.75) is 46.1 Å². The largest absolute Gasteiger partial charge is 0.351 e. The molecule has 1 aliphatic rings. The standard InChI is InChI=1S/C22H24N4O2/c1-21(2)12-22(3,4)19(27)18-17(21)14-9-15(24-11-16(14)26-18)20(28)25-10-13-7-5-6-8-23-13/h5-9,11,26H,10,12H2,1-4H3,(H,25,28). The molecule has 4 rings (SSSR count). The lowest BCUT2D eigenvalue weighted by Gasteiger charge is -2.39. The van der Waals surface area contributed by atoms with Gasteiger partial charge in [0.05, 0.1) is 29.6 Å². The first-order valence-corrected chi connectivity index (χ1v) is 9.44. The van der Waals surface area contributed by atoms with Crippen molar-refractivity contribution in [1.29, 1.82) is 0 Å². The Kier molecular flexibility index (Phi) is 4.10. The van der Waals surface area contributed by atoms with Crippen LogP contribution in [-0.2, 0) is 12.0 Å². The van der Waals surface area contributed by atoms with Crippen LogP contribution in [0.3, 0.4) is 0 Å². The van der Waals surface area contributed by atoms with Gasteiger partial charge in [-0.2, -0.15) is 0 Å². The third-order valence-corrected chi connectivity index (χ3v) is 5.47. The lowest BCUT2D eigenvalue weighted by atomic mass is 9.63. The third-order valence-electron chi connectivity index (χ3n) is 5.47. The number of nitrogens with one attached hydrogen (secondary N) is 2. The van der Waals surface area contributed by atoms with E-state index in [-0.39, 0.29) is 17.1 Å². The molecule has 0 fully saturated rings. The molecule has 3 aromatic rings. The number of rotatable bonds is 3. The summed E-state index contributed by atoms with van der Waals surface area (Å²) in [5, 5.41) is 3.74. The molecule has 0 bridgehead atoms. The first kappa shape index (κ1) is 18.3. The average Bonchev–Trinajstić information content (AvgIpc) is 3.04. The molecule has 1 amide bonds. The number of hydrogen-bond acceptors (Lipinski definition) is 4. The van der Waals surface area contributed by atoms with Crippen LogP contribution in [0.2, 0.25) is 0 Å². The number of fused-ring (bicyclic) bond motifs is 3. The van der Waals surface area contributed by atoms with E-state index in [1.54, 1.807) is 18.5 Å². The summed E-state index contributed by atoms with van der Waals surface area (Å²) in [7, 11) is 0. The molecule has 1 aliphatic carbocycles. The fourth-order valence-corrected chi connectivity index (χ4v) is 4.47. The molecule has 6 heteroatoms. The van der Waals surface area contributed by atoms with Crippen LogP contribution in [0.25, 0.3) is 10.9 Å². The number of carbonyl (C=O) groups is 2. The summed E-state index contributed by atoms with van der Waals surface area (Å²) in [5.41, 5.74) is 2.91. The first-order chi connectivity index (χ1) is 13.2. The van der Waals surface area contributed by atoms with E-state index in [1.807, 2.05) is 32.0 Å². The molecule has 0 unspecified atom stereocenters. The smallest absolute Gasteiger partial charge is 0.270 e. The van der Waals surface area contributed by atoms with E-state index in [4.69, 9.17) is 0 Å². The minimum atomic E-state index is -0.423. The van der Waals surface area contributed by atoms with Crippen LogP contribution in [0.15, 0.2) is 36.7 Å². The average molecular weight is 376 g/mol. The number of amides is 1. The van der Waals surface area contributed by atoms with E-state index in [0.29, 0.717) is 17.9 Å². The summed E-state index contributed by atoms with van der Waals surface area (Å²) < 4.78 is 0. The maximum Gasteiger partial charge on any atom is 0.270 e. The zero-order valence-corrected chi connectivity index (χ0v) is 16.6. The molecule has 0 aromatic carbocycles. The summed E-state index contributed by atoms with van der Waals surface area (Å²) >= 11 is 0. The maximum atomic E-state index is 12.9. The van der Waals surface area contributed by atoms with E-state index >= 15 is 0 Å². The number of hydrogen-bond donors (Lipinski definition) is 2. The molecule has 2 N–H and O–H groups in total. The highest BCUT2D eigenvalue weighted by Gasteiger charge is 2.45. The highest BCUT2D eigenvalue weighted by molar-refractivity contribution is 6.07. The van der Waals surface area contributed by atoms with Crippen molar-refractivity contribution in [3.8, 4) is 0 Å². The normalized spacial score (nSPS) is 17.4. The summed E-state index contributed by atoms with van der Waals surface area (Å²) in [5.74, 6) is -0.151. The Morgan fingerprint density at radius 2 is 1.96 bits per heavy atom. The van der Waals surface area contributed by atoms with Gasteiger partial charge in [0.25, 0.3) is 5.91 Å². The molecule has 0 saturated carbocycles. The summed E-state index contributed by atoms with van der Waals surface area (Å²) in [4.78, 5) is 37.3. The first-order valence-electron chi connectivity index (χ1n) is 9.44. The summed E-state index contributed by atoms with van der Waals surface area (Å²) in [6, 6.07) is 7.35. The molecule has 144 valence electrons. The predicted octanol–water partition coefficient (Wildman–Crippen LogP) is 3.78. The Balaban J connectivity index is 1.70. The zero-order valence-electron chi connectivity index (χ0n) is 16.6. The molecule has 3 aromatic heterocycles. The molecular formula is C22H24N4O2. The van der Waals surface area contributed by atoms with Crippen LogP contribution in [0, 0.1) is 5.41 Å². The minimum Gasteiger partial charge on any atom is -0.351 e. The fourth-order valence-electron chi connectivity index (χ4n) is 4.47. The van der Waals surface area contributed by atoms with Gasteiger partial charge < -0.3 is 10.3 Å². The van der Waals surface area contributed by atoms with Gasteiger partial charge in [0, 0.05) is 17.0 Å². The van der Waals surface area contributed by atoms with Crippen molar-refractivity contribution in [1.82, 2.24) is 20.3 Å². The molecule has 0 aliphatic heterocycles. The van der Waals surface area contributed by atoms with Gasteiger partial charge in [-0.15, -0.1) is 0 Å². The van der Waals surface area contributed by atoms with Crippen LogP contribution in [0.1, 0.15) is 66.4 Å². The Hall–Kier alpha value is -3.02. The number of pyridine rings is 2. The second-order valence-corrected chi connectivity index (χ2v) is 8.77. The van der Waals surface area contributed by atoms with E-state index in [2.05, 4.69) is 34.1 Å². The quantitative estimate of drug-likeness (QED) is 0.728. The van der Waals surface area contributed by atoms with Gasteiger partial charge in [0.2, 0.25) is 0 Å². The number of aromatic nitrogens is 3. The van der Waals surface area contributed by atoms with Gasteiger partial charge in [-0.3, -0.25) is 14.6 Å². The molecule has 6 nitrogen and oxygen atoms in total. The molecule has 3 heterocycles. The molecule has 0 atom stereocenters.